The number of nitrogens with one attached hydrogen (secondary N) is 2. The molecule has 1 atom stereocenters. The first-order valence-electron chi connectivity index (χ1n) is 9.93. The first-order valence-corrected chi connectivity index (χ1v) is 9.93. The number of amides is 2. The van der Waals surface area contributed by atoms with Gasteiger partial charge < -0.3 is 19.8 Å². The topological polar surface area (TPSA) is 80.6 Å². The van der Waals surface area contributed by atoms with Gasteiger partial charge in [0.05, 0.1) is 0 Å². The molecule has 0 saturated heterocycles. The smallest absolute Gasteiger partial charge is 0.293 e. The lowest BCUT2D eigenvalue weighted by Gasteiger charge is -2.15. The maximum atomic E-state index is 12.9. The van der Waals surface area contributed by atoms with Crippen molar-refractivity contribution in [2.75, 3.05) is 10.6 Å². The number of rotatable bonds is 6. The maximum absolute atomic E-state index is 12.9. The van der Waals surface area contributed by atoms with E-state index in [9.17, 15) is 9.59 Å². The molecule has 156 valence electrons. The third kappa shape index (κ3) is 4.59. The number of anilines is 2. The van der Waals surface area contributed by atoms with Crippen molar-refractivity contribution in [3.8, 4) is 5.75 Å². The van der Waals surface area contributed by atoms with Gasteiger partial charge in [0.15, 0.2) is 6.10 Å². The number of hydrogen-bond donors (Lipinski definition) is 2. The lowest BCUT2D eigenvalue weighted by molar-refractivity contribution is -0.122. The molecule has 2 amide bonds. The van der Waals surface area contributed by atoms with Gasteiger partial charge in [0.25, 0.3) is 11.8 Å². The highest BCUT2D eigenvalue weighted by atomic mass is 16.5. The van der Waals surface area contributed by atoms with Gasteiger partial charge in [0, 0.05) is 11.1 Å². The molecule has 4 aromatic rings. The Bertz CT molecular complexity index is 1210. The molecule has 0 spiro atoms. The molecule has 0 unspecified atom stereocenters. The van der Waals surface area contributed by atoms with Gasteiger partial charge >= 0.3 is 0 Å². The average Bonchev–Trinajstić information content (AvgIpc) is 3.14. The zero-order valence-electron chi connectivity index (χ0n) is 17.2. The Kier molecular flexibility index (Phi) is 5.71. The highest BCUT2D eigenvalue weighted by Crippen LogP contribution is 2.32. The summed E-state index contributed by atoms with van der Waals surface area (Å²) in [5, 5.41) is 6.26. The molecule has 0 aliphatic heterocycles. The second kappa shape index (κ2) is 8.75. The van der Waals surface area contributed by atoms with Crippen LogP contribution in [-0.2, 0) is 4.79 Å². The van der Waals surface area contributed by atoms with Gasteiger partial charge in [0.1, 0.15) is 17.0 Å². The largest absolute Gasteiger partial charge is 0.481 e. The third-order valence-electron chi connectivity index (χ3n) is 4.78. The van der Waals surface area contributed by atoms with E-state index in [1.807, 2.05) is 55.5 Å². The molecule has 4 rings (SSSR count). The van der Waals surface area contributed by atoms with E-state index in [-0.39, 0.29) is 11.7 Å². The Hall–Kier alpha value is -4.06. The number of ether oxygens (including phenoxy) is 1. The molecule has 0 radical (unpaired) electrons. The number of furan rings is 1. The number of fused-ring (bicyclic) bond motifs is 1. The number of carbonyl (C=O) groups excluding carboxylic acids is 2. The molecule has 31 heavy (non-hydrogen) atoms. The molecule has 6 nitrogen and oxygen atoms in total. The summed E-state index contributed by atoms with van der Waals surface area (Å²) < 4.78 is 11.5. The van der Waals surface area contributed by atoms with Gasteiger partial charge in [-0.3, -0.25) is 9.59 Å². The number of benzene rings is 3. The van der Waals surface area contributed by atoms with E-state index in [4.69, 9.17) is 9.15 Å². The van der Waals surface area contributed by atoms with Crippen molar-refractivity contribution < 1.29 is 18.7 Å². The molecular weight excluding hydrogens is 392 g/mol. The fourth-order valence-electron chi connectivity index (χ4n) is 3.14. The summed E-state index contributed by atoms with van der Waals surface area (Å²) in [7, 11) is 0. The standard InChI is InChI=1S/C25H22N2O4/c1-16-12-14-18(15-13-16)26-25(29)23-22(20-10-6-7-11-21(20)31-23)27-24(28)17(2)30-19-8-4-3-5-9-19/h3-15,17H,1-2H3,(H,26,29)(H,27,28)/t17-/m0/s1. The van der Waals surface area contributed by atoms with Crippen molar-refractivity contribution in [3.05, 3.63) is 90.2 Å². The highest BCUT2D eigenvalue weighted by molar-refractivity contribution is 6.14. The summed E-state index contributed by atoms with van der Waals surface area (Å²) in [5.74, 6) is -0.228. The lowest BCUT2D eigenvalue weighted by atomic mass is 10.2. The summed E-state index contributed by atoms with van der Waals surface area (Å²) in [6.07, 6.45) is -0.774. The van der Waals surface area contributed by atoms with Crippen LogP contribution in [0.1, 0.15) is 23.0 Å². The SMILES string of the molecule is Cc1ccc(NC(=O)c2oc3ccccc3c2NC(=O)[C@H](C)Oc2ccccc2)cc1. The van der Waals surface area contributed by atoms with Crippen LogP contribution in [0.2, 0.25) is 0 Å². The van der Waals surface area contributed by atoms with Crippen LogP contribution in [0.3, 0.4) is 0 Å². The van der Waals surface area contributed by atoms with Crippen molar-refractivity contribution in [2.24, 2.45) is 0 Å². The van der Waals surface area contributed by atoms with Crippen LogP contribution in [0, 0.1) is 6.92 Å². The van der Waals surface area contributed by atoms with E-state index >= 15 is 0 Å². The first-order chi connectivity index (χ1) is 15.0. The molecule has 2 N–H and O–H groups in total. The van der Waals surface area contributed by atoms with Crippen LogP contribution >= 0.6 is 0 Å². The summed E-state index contributed by atoms with van der Waals surface area (Å²) in [4.78, 5) is 25.8. The fourth-order valence-corrected chi connectivity index (χ4v) is 3.14. The number of aryl methyl sites for hydroxylation is 1. The Morgan fingerprint density at radius 1 is 0.871 bits per heavy atom. The van der Waals surface area contributed by atoms with E-state index in [1.165, 1.54) is 0 Å². The van der Waals surface area contributed by atoms with Crippen LogP contribution in [0.15, 0.2) is 83.3 Å². The highest BCUT2D eigenvalue weighted by Gasteiger charge is 2.24. The monoisotopic (exact) mass is 414 g/mol. The minimum atomic E-state index is -0.774. The van der Waals surface area contributed by atoms with Crippen LogP contribution in [0.4, 0.5) is 11.4 Å². The van der Waals surface area contributed by atoms with Crippen LogP contribution < -0.4 is 15.4 Å². The minimum absolute atomic E-state index is 0.0297. The van der Waals surface area contributed by atoms with Crippen LogP contribution in [0.5, 0.6) is 5.75 Å². The predicted octanol–water partition coefficient (Wildman–Crippen LogP) is 5.40. The molecule has 1 heterocycles. The predicted molar refractivity (Wildman–Crippen MR) is 121 cm³/mol. The van der Waals surface area contributed by atoms with E-state index < -0.39 is 12.0 Å². The fraction of sp³-hybridized carbons (Fsp3) is 0.120. The van der Waals surface area contributed by atoms with Gasteiger partial charge in [-0.25, -0.2) is 0 Å². The molecule has 0 saturated carbocycles. The van der Waals surface area contributed by atoms with Crippen molar-refractivity contribution in [3.63, 3.8) is 0 Å². The van der Waals surface area contributed by atoms with Crippen molar-refractivity contribution >= 4 is 34.2 Å². The second-order valence-electron chi connectivity index (χ2n) is 7.18. The van der Waals surface area contributed by atoms with E-state index in [0.29, 0.717) is 28.1 Å². The molecule has 0 fully saturated rings. The van der Waals surface area contributed by atoms with Crippen LogP contribution in [-0.4, -0.2) is 17.9 Å². The van der Waals surface area contributed by atoms with Gasteiger partial charge in [-0.1, -0.05) is 48.0 Å². The molecular formula is C25H22N2O4. The molecule has 1 aromatic heterocycles. The normalized spacial score (nSPS) is 11.7. The van der Waals surface area contributed by atoms with E-state index in [2.05, 4.69) is 10.6 Å². The molecule has 6 heteroatoms. The number of para-hydroxylation sites is 2. The minimum Gasteiger partial charge on any atom is -0.481 e. The van der Waals surface area contributed by atoms with Gasteiger partial charge in [-0.15, -0.1) is 0 Å². The van der Waals surface area contributed by atoms with E-state index in [1.54, 1.807) is 37.3 Å². The zero-order valence-corrected chi connectivity index (χ0v) is 17.2. The summed E-state index contributed by atoms with van der Waals surface area (Å²) in [6, 6.07) is 23.7. The van der Waals surface area contributed by atoms with Crippen molar-refractivity contribution in [1.82, 2.24) is 0 Å². The molecule has 3 aromatic carbocycles. The number of hydrogen-bond acceptors (Lipinski definition) is 4. The third-order valence-corrected chi connectivity index (χ3v) is 4.78. The van der Waals surface area contributed by atoms with Gasteiger partial charge in [0.2, 0.25) is 5.76 Å². The first kappa shape index (κ1) is 20.2. The summed E-state index contributed by atoms with van der Waals surface area (Å²) in [6.45, 7) is 3.62. The molecule has 0 aliphatic rings. The van der Waals surface area contributed by atoms with Gasteiger partial charge in [-0.2, -0.15) is 0 Å². The summed E-state index contributed by atoms with van der Waals surface area (Å²) in [5.41, 5.74) is 2.54. The van der Waals surface area contributed by atoms with Gasteiger partial charge in [-0.05, 0) is 50.2 Å². The average molecular weight is 414 g/mol. The Morgan fingerprint density at radius 3 is 2.29 bits per heavy atom. The molecule has 0 bridgehead atoms. The Labute approximate surface area is 179 Å². The van der Waals surface area contributed by atoms with Crippen molar-refractivity contribution in [2.45, 2.75) is 20.0 Å². The lowest BCUT2D eigenvalue weighted by Crippen LogP contribution is -2.30. The maximum Gasteiger partial charge on any atom is 0.293 e. The Balaban J connectivity index is 1.59. The number of carbonyl (C=O) groups is 2. The van der Waals surface area contributed by atoms with Crippen molar-refractivity contribution in [1.29, 1.82) is 0 Å². The quantitative estimate of drug-likeness (QED) is 0.443. The molecule has 0 aliphatic carbocycles. The zero-order chi connectivity index (χ0) is 21.8. The summed E-state index contributed by atoms with van der Waals surface area (Å²) >= 11 is 0. The Morgan fingerprint density at radius 2 is 1.55 bits per heavy atom. The second-order valence-corrected chi connectivity index (χ2v) is 7.18. The van der Waals surface area contributed by atoms with Crippen LogP contribution in [0.25, 0.3) is 11.0 Å². The van der Waals surface area contributed by atoms with E-state index in [0.717, 1.165) is 5.56 Å².